The summed E-state index contributed by atoms with van der Waals surface area (Å²) in [5.41, 5.74) is 4.91. The quantitative estimate of drug-likeness (QED) is 0.265. The van der Waals surface area contributed by atoms with E-state index in [1.807, 2.05) is 0 Å². The van der Waals surface area contributed by atoms with Crippen LogP contribution in [0.2, 0.25) is 0 Å². The number of carbonyl (C=O) groups excluding carboxylic acids is 1. The molecule has 1 aliphatic heterocycles. The Morgan fingerprint density at radius 2 is 2.02 bits per heavy atom. The number of H-pyrrole nitrogens is 1. The van der Waals surface area contributed by atoms with E-state index in [1.54, 1.807) is 18.3 Å². The van der Waals surface area contributed by atoms with E-state index >= 15 is 0 Å². The van der Waals surface area contributed by atoms with Crippen molar-refractivity contribution >= 4 is 32.5 Å². The first-order valence-corrected chi connectivity index (χ1v) is 14.2. The molecule has 1 saturated heterocycles. The first-order chi connectivity index (χ1) is 19.6. The number of sulfone groups is 1. The number of benzene rings is 1. The van der Waals surface area contributed by atoms with Crippen LogP contribution in [0, 0.1) is 16.0 Å². The number of aromatic amines is 1. The number of rotatable bonds is 10. The Hall–Kier alpha value is -4.27. The average Bonchev–Trinajstić information content (AvgIpc) is 3.44. The van der Waals surface area contributed by atoms with Gasteiger partial charge in [0, 0.05) is 50.8 Å². The number of nitro benzene ring substituents is 1. The molecule has 2 atom stereocenters. The number of nitrogens with one attached hydrogen (secondary N) is 1. The van der Waals surface area contributed by atoms with E-state index in [9.17, 15) is 23.3 Å². The number of carbonyl (C=O) groups is 1. The lowest BCUT2D eigenvalue weighted by molar-refractivity contribution is -0.386. The van der Waals surface area contributed by atoms with Crippen molar-refractivity contribution < 1.29 is 37.1 Å². The van der Waals surface area contributed by atoms with Crippen molar-refractivity contribution in [3.63, 3.8) is 0 Å². The Morgan fingerprint density at radius 1 is 1.24 bits per heavy atom. The molecule has 0 saturated carbocycles. The average molecular weight is 585 g/mol. The first kappa shape index (κ1) is 28.3. The van der Waals surface area contributed by atoms with Crippen LogP contribution in [0.3, 0.4) is 0 Å². The Labute approximate surface area is 235 Å². The number of fused-ring (bicyclic) bond motifs is 1. The number of primary amides is 1. The van der Waals surface area contributed by atoms with Gasteiger partial charge in [-0.1, -0.05) is 18.2 Å². The molecular formula is C27H28N4O9S. The van der Waals surface area contributed by atoms with Gasteiger partial charge >= 0.3 is 5.69 Å². The second kappa shape index (κ2) is 11.0. The second-order valence-corrected chi connectivity index (χ2v) is 11.8. The van der Waals surface area contributed by atoms with Gasteiger partial charge < -0.3 is 29.7 Å². The highest BCUT2D eigenvalue weighted by molar-refractivity contribution is 7.93. The molecule has 2 aliphatic rings. The molecule has 1 fully saturated rings. The molecule has 0 spiro atoms. The van der Waals surface area contributed by atoms with Crippen LogP contribution in [0.4, 0.5) is 5.69 Å². The molecule has 13 nitrogen and oxygen atoms in total. The summed E-state index contributed by atoms with van der Waals surface area (Å²) in [6, 6.07) is 6.54. The van der Waals surface area contributed by atoms with Crippen molar-refractivity contribution in [1.82, 2.24) is 9.97 Å². The summed E-state index contributed by atoms with van der Waals surface area (Å²) >= 11 is 0. The summed E-state index contributed by atoms with van der Waals surface area (Å²) in [6.45, 7) is 0.904. The molecule has 0 radical (unpaired) electrons. The van der Waals surface area contributed by atoms with E-state index in [1.165, 1.54) is 49.7 Å². The number of nitrogens with zero attached hydrogens (tertiary/aromatic N) is 2. The van der Waals surface area contributed by atoms with Gasteiger partial charge in [0.05, 0.1) is 16.0 Å². The monoisotopic (exact) mass is 584 g/mol. The lowest BCUT2D eigenvalue weighted by atomic mass is 9.95. The van der Waals surface area contributed by atoms with Gasteiger partial charge in [-0.2, -0.15) is 0 Å². The van der Waals surface area contributed by atoms with E-state index in [0.717, 1.165) is 6.07 Å². The predicted molar refractivity (Wildman–Crippen MR) is 146 cm³/mol. The third-order valence-electron chi connectivity index (χ3n) is 7.32. The molecule has 5 rings (SSSR count). The van der Waals surface area contributed by atoms with Crippen LogP contribution in [-0.2, 0) is 24.1 Å². The fourth-order valence-electron chi connectivity index (χ4n) is 4.94. The van der Waals surface area contributed by atoms with Crippen LogP contribution in [-0.4, -0.2) is 66.7 Å². The van der Waals surface area contributed by atoms with Gasteiger partial charge in [-0.25, -0.2) is 13.4 Å². The lowest BCUT2D eigenvalue weighted by Gasteiger charge is -2.36. The molecule has 2 unspecified atom stereocenters. The molecule has 3 aromatic rings. The smallest absolute Gasteiger partial charge is 0.312 e. The highest BCUT2D eigenvalue weighted by Gasteiger charge is 2.54. The number of hydrogen-bond donors (Lipinski definition) is 2. The molecule has 41 heavy (non-hydrogen) atoms. The largest absolute Gasteiger partial charge is 0.484 e. The summed E-state index contributed by atoms with van der Waals surface area (Å²) in [6.07, 6.45) is 9.41. The Kier molecular flexibility index (Phi) is 7.55. The summed E-state index contributed by atoms with van der Waals surface area (Å²) < 4.78 is 51.5. The van der Waals surface area contributed by atoms with Crippen LogP contribution in [0.15, 0.2) is 71.9 Å². The minimum Gasteiger partial charge on any atom is -0.484 e. The summed E-state index contributed by atoms with van der Waals surface area (Å²) in [5.74, 6) is -2.53. The van der Waals surface area contributed by atoms with Crippen LogP contribution in [0.5, 0.6) is 11.5 Å². The number of methoxy groups -OCH3 is 1. The maximum Gasteiger partial charge on any atom is 0.312 e. The van der Waals surface area contributed by atoms with Gasteiger partial charge in [0.25, 0.3) is 0 Å². The first-order valence-electron chi connectivity index (χ1n) is 12.7. The summed E-state index contributed by atoms with van der Waals surface area (Å²) in [7, 11) is -3.15. The second-order valence-electron chi connectivity index (χ2n) is 9.71. The standard InChI is InChI=1S/C27H28N4O9S/c1-37-26(9-12-38-13-10-26)17-39-23-6-5-20(15-22(23)31(33)34)41(35,36)27(8-3-2-4-21(27)24(28)32)40-19-14-18-7-11-29-25(18)30-16-19/h2-8,11,14-16,21H,9-10,12-13,17H2,1H3,(H2,28,32)(H,29,30). The van der Waals surface area contributed by atoms with E-state index in [-0.39, 0.29) is 18.1 Å². The van der Waals surface area contributed by atoms with Crippen LogP contribution in [0.1, 0.15) is 12.8 Å². The number of nitro groups is 1. The molecule has 1 amide bonds. The molecule has 0 bridgehead atoms. The zero-order valence-electron chi connectivity index (χ0n) is 22.0. The van der Waals surface area contributed by atoms with Crippen molar-refractivity contribution in [3.8, 4) is 11.5 Å². The number of ether oxygens (including phenoxy) is 4. The predicted octanol–water partition coefficient (Wildman–Crippen LogP) is 2.82. The van der Waals surface area contributed by atoms with Crippen molar-refractivity contribution in [3.05, 3.63) is 77.1 Å². The van der Waals surface area contributed by atoms with Crippen LogP contribution < -0.4 is 15.2 Å². The normalized spacial score (nSPS) is 21.9. The third-order valence-corrected chi connectivity index (χ3v) is 9.51. The van der Waals surface area contributed by atoms with Gasteiger partial charge in [0.2, 0.25) is 20.7 Å². The molecule has 3 heterocycles. The minimum absolute atomic E-state index is 0.00123. The summed E-state index contributed by atoms with van der Waals surface area (Å²) in [4.78, 5) is 28.2. The molecule has 1 aliphatic carbocycles. The minimum atomic E-state index is -4.68. The SMILES string of the molecule is COC1(COc2ccc(S(=O)(=O)C3(Oc4cnc5[nH]ccc5c4)C=CC=CC3C(N)=O)cc2[N+](=O)[O-])CCOCC1. The van der Waals surface area contributed by atoms with Gasteiger partial charge in [-0.3, -0.25) is 14.9 Å². The number of allylic oxidation sites excluding steroid dienone is 2. The zero-order chi connectivity index (χ0) is 29.3. The zero-order valence-corrected chi connectivity index (χ0v) is 22.8. The molecule has 14 heteroatoms. The fourth-order valence-corrected chi connectivity index (χ4v) is 6.81. The number of hydrogen-bond acceptors (Lipinski definition) is 10. The number of aromatic nitrogens is 2. The van der Waals surface area contributed by atoms with Crippen LogP contribution in [0.25, 0.3) is 11.0 Å². The Bertz CT molecular complexity index is 1640. The molecule has 1 aromatic carbocycles. The third kappa shape index (κ3) is 5.16. The van der Waals surface area contributed by atoms with Gasteiger partial charge in [0.1, 0.15) is 29.5 Å². The molecule has 2 aromatic heterocycles. The number of nitrogens with two attached hydrogens (primary N) is 1. The Balaban J connectivity index is 1.55. The van der Waals surface area contributed by atoms with Gasteiger partial charge in [-0.05, 0) is 30.3 Å². The molecule has 216 valence electrons. The van der Waals surface area contributed by atoms with E-state index in [2.05, 4.69) is 9.97 Å². The molecular weight excluding hydrogens is 556 g/mol. The van der Waals surface area contributed by atoms with E-state index in [0.29, 0.717) is 37.1 Å². The summed E-state index contributed by atoms with van der Waals surface area (Å²) in [5, 5.41) is 12.7. The highest BCUT2D eigenvalue weighted by atomic mass is 32.2. The van der Waals surface area contributed by atoms with Crippen molar-refractivity contribution in [2.75, 3.05) is 26.9 Å². The molecule has 3 N–H and O–H groups in total. The number of amides is 1. The van der Waals surface area contributed by atoms with Gasteiger partial charge in [0.15, 0.2) is 5.75 Å². The topological polar surface area (TPSA) is 186 Å². The lowest BCUT2D eigenvalue weighted by Crippen LogP contribution is -2.53. The Morgan fingerprint density at radius 3 is 2.73 bits per heavy atom. The van der Waals surface area contributed by atoms with Crippen molar-refractivity contribution in [2.45, 2.75) is 28.3 Å². The maximum absolute atomic E-state index is 14.3. The van der Waals surface area contributed by atoms with E-state index < -0.39 is 47.7 Å². The number of pyridine rings is 1. The van der Waals surface area contributed by atoms with Crippen LogP contribution >= 0.6 is 0 Å². The fraction of sp³-hybridized carbons (Fsp3) is 0.333. The van der Waals surface area contributed by atoms with Crippen molar-refractivity contribution in [1.29, 1.82) is 0 Å². The van der Waals surface area contributed by atoms with Gasteiger partial charge in [-0.15, -0.1) is 0 Å². The van der Waals surface area contributed by atoms with Crippen molar-refractivity contribution in [2.24, 2.45) is 11.7 Å². The maximum atomic E-state index is 14.3. The highest BCUT2D eigenvalue weighted by Crippen LogP contribution is 2.42. The van der Waals surface area contributed by atoms with E-state index in [4.69, 9.17) is 24.7 Å².